The second kappa shape index (κ2) is 9.94. The average molecular weight is 486 g/mol. The van der Waals surface area contributed by atoms with Gasteiger partial charge in [0.15, 0.2) is 0 Å². The van der Waals surface area contributed by atoms with Crippen LogP contribution < -0.4 is 4.90 Å². The zero-order valence-corrected chi connectivity index (χ0v) is 23.4. The van der Waals surface area contributed by atoms with Gasteiger partial charge in [-0.05, 0) is 72.6 Å². The maximum atomic E-state index is 10.7. The third-order valence-electron chi connectivity index (χ3n) is 7.30. The van der Waals surface area contributed by atoms with Crippen molar-refractivity contribution in [1.82, 2.24) is 0 Å². The van der Waals surface area contributed by atoms with Gasteiger partial charge < -0.3 is 14.7 Å². The van der Waals surface area contributed by atoms with Crippen LogP contribution in [-0.2, 0) is 17.6 Å². The molecule has 36 heavy (non-hydrogen) atoms. The van der Waals surface area contributed by atoms with Crippen molar-refractivity contribution in [2.45, 2.75) is 80.4 Å². The third-order valence-corrected chi connectivity index (χ3v) is 7.30. The molecule has 0 fully saturated rings. The molecule has 2 bridgehead atoms. The van der Waals surface area contributed by atoms with Gasteiger partial charge in [0.2, 0.25) is 0 Å². The standard InChI is InChI=1S/C33H43NO2/c1-22-19-25-17-18-34-28-12-10-9-11-24(28)14-16-29(34)27(20-22)26(25)15-13-23(2)36-31(33(6,7)8)21-30(35)32(3,4)5/h9-14,16,19-21,29-30,35H,15,17-18H2,1-8H3/b23-13+,31-21-. The first-order valence-corrected chi connectivity index (χ1v) is 13.3. The number of benzene rings is 2. The molecule has 2 aliphatic rings. The predicted molar refractivity (Wildman–Crippen MR) is 152 cm³/mol. The molecule has 1 N–H and O–H groups in total. The van der Waals surface area contributed by atoms with Gasteiger partial charge in [-0.3, -0.25) is 0 Å². The molecular formula is C33H43NO2. The molecule has 4 rings (SSSR count). The zero-order chi connectivity index (χ0) is 26.3. The molecule has 2 heterocycles. The fourth-order valence-electron chi connectivity index (χ4n) is 5.06. The highest BCUT2D eigenvalue weighted by atomic mass is 16.5. The molecule has 0 aliphatic carbocycles. The summed E-state index contributed by atoms with van der Waals surface area (Å²) >= 11 is 0. The van der Waals surface area contributed by atoms with Gasteiger partial charge >= 0.3 is 0 Å². The summed E-state index contributed by atoms with van der Waals surface area (Å²) in [6.07, 6.45) is 10.0. The molecule has 2 atom stereocenters. The van der Waals surface area contributed by atoms with E-state index in [1.165, 1.54) is 33.5 Å². The lowest BCUT2D eigenvalue weighted by atomic mass is 9.85. The van der Waals surface area contributed by atoms with Crippen LogP contribution in [0.15, 0.2) is 66.1 Å². The van der Waals surface area contributed by atoms with Crippen LogP contribution in [0.5, 0.6) is 0 Å². The summed E-state index contributed by atoms with van der Waals surface area (Å²) in [6, 6.07) is 13.7. The summed E-state index contributed by atoms with van der Waals surface area (Å²) in [5.74, 6) is 1.68. The molecule has 2 aromatic carbocycles. The number of hydrogen-bond acceptors (Lipinski definition) is 3. The van der Waals surface area contributed by atoms with Crippen LogP contribution in [0.4, 0.5) is 5.69 Å². The summed E-state index contributed by atoms with van der Waals surface area (Å²) < 4.78 is 6.38. The van der Waals surface area contributed by atoms with Crippen LogP contribution in [0.3, 0.4) is 0 Å². The minimum Gasteiger partial charge on any atom is -0.466 e. The van der Waals surface area contributed by atoms with E-state index < -0.39 is 6.10 Å². The van der Waals surface area contributed by atoms with Gasteiger partial charge in [-0.15, -0.1) is 0 Å². The average Bonchev–Trinajstić information content (AvgIpc) is 2.88. The van der Waals surface area contributed by atoms with Gasteiger partial charge in [0, 0.05) is 17.6 Å². The minimum atomic E-state index is -0.573. The SMILES string of the molecule is C/C(=C\Cc1c2cc(C)cc1C1C=Cc3ccccc3N1CC2)O/C(=C\C(O)C(C)(C)C)C(C)(C)C. The van der Waals surface area contributed by atoms with Crippen LogP contribution in [-0.4, -0.2) is 17.8 Å². The molecule has 0 spiro atoms. The van der Waals surface area contributed by atoms with E-state index in [0.29, 0.717) is 0 Å². The first-order valence-electron chi connectivity index (χ1n) is 13.3. The molecule has 3 nitrogen and oxygen atoms in total. The highest BCUT2D eigenvalue weighted by Gasteiger charge is 2.30. The quantitative estimate of drug-likeness (QED) is 0.437. The smallest absolute Gasteiger partial charge is 0.107 e. The number of ether oxygens (including phenoxy) is 1. The van der Waals surface area contributed by atoms with Crippen molar-refractivity contribution in [1.29, 1.82) is 0 Å². The van der Waals surface area contributed by atoms with Crippen LogP contribution in [0.1, 0.15) is 82.3 Å². The number of fused-ring (bicyclic) bond motifs is 6. The number of para-hydroxylation sites is 1. The van der Waals surface area contributed by atoms with Gasteiger partial charge in [-0.1, -0.05) is 89.6 Å². The van der Waals surface area contributed by atoms with Crippen molar-refractivity contribution >= 4 is 11.8 Å². The zero-order valence-electron chi connectivity index (χ0n) is 23.4. The maximum Gasteiger partial charge on any atom is 0.107 e. The molecule has 192 valence electrons. The van der Waals surface area contributed by atoms with Crippen molar-refractivity contribution in [3.8, 4) is 0 Å². The van der Waals surface area contributed by atoms with Gasteiger partial charge in [0.05, 0.1) is 17.9 Å². The molecule has 2 unspecified atom stereocenters. The van der Waals surface area contributed by atoms with Gasteiger partial charge in [-0.2, -0.15) is 0 Å². The normalized spacial score (nSPS) is 18.9. The molecule has 0 saturated carbocycles. The molecule has 2 aromatic rings. The molecule has 2 aliphatic heterocycles. The summed E-state index contributed by atoms with van der Waals surface area (Å²) in [7, 11) is 0. The van der Waals surface area contributed by atoms with Crippen LogP contribution in [0.2, 0.25) is 0 Å². The van der Waals surface area contributed by atoms with E-state index in [0.717, 1.165) is 30.9 Å². The second-order valence-electron chi connectivity index (χ2n) is 12.5. The molecule has 0 radical (unpaired) electrons. The van der Waals surface area contributed by atoms with Crippen LogP contribution >= 0.6 is 0 Å². The number of hydrogen-bond donors (Lipinski definition) is 1. The number of aliphatic hydroxyl groups is 1. The van der Waals surface area contributed by atoms with E-state index in [-0.39, 0.29) is 16.9 Å². The Morgan fingerprint density at radius 2 is 1.86 bits per heavy atom. The number of aliphatic hydroxyl groups excluding tert-OH is 1. The lowest BCUT2D eigenvalue weighted by molar-refractivity contribution is 0.0961. The van der Waals surface area contributed by atoms with Gasteiger partial charge in [-0.25, -0.2) is 0 Å². The second-order valence-corrected chi connectivity index (χ2v) is 12.5. The Kier molecular flexibility index (Phi) is 7.26. The fourth-order valence-corrected chi connectivity index (χ4v) is 5.06. The first kappa shape index (κ1) is 26.3. The Morgan fingerprint density at radius 3 is 2.56 bits per heavy atom. The lowest BCUT2D eigenvalue weighted by Crippen LogP contribution is -2.30. The highest BCUT2D eigenvalue weighted by Crippen LogP contribution is 2.41. The Labute approximate surface area is 218 Å². The van der Waals surface area contributed by atoms with Crippen molar-refractivity contribution in [3.63, 3.8) is 0 Å². The summed E-state index contributed by atoms with van der Waals surface area (Å²) in [6.45, 7) is 17.7. The molecule has 0 saturated heterocycles. The minimum absolute atomic E-state index is 0.203. The van der Waals surface area contributed by atoms with Gasteiger partial charge in [0.25, 0.3) is 0 Å². The summed E-state index contributed by atoms with van der Waals surface area (Å²) in [5, 5.41) is 10.7. The van der Waals surface area contributed by atoms with Crippen molar-refractivity contribution < 1.29 is 9.84 Å². The number of anilines is 1. The van der Waals surface area contributed by atoms with Crippen LogP contribution in [0, 0.1) is 17.8 Å². The van der Waals surface area contributed by atoms with E-state index in [1.807, 2.05) is 33.8 Å². The number of rotatable bonds is 5. The largest absolute Gasteiger partial charge is 0.466 e. The van der Waals surface area contributed by atoms with Crippen LogP contribution in [0.25, 0.3) is 6.08 Å². The van der Waals surface area contributed by atoms with E-state index in [1.54, 1.807) is 0 Å². The fraction of sp³-hybridized carbons (Fsp3) is 0.455. The summed E-state index contributed by atoms with van der Waals surface area (Å²) in [4.78, 5) is 2.56. The number of aryl methyl sites for hydroxylation is 1. The number of nitrogens with zero attached hydrogens (tertiary/aromatic N) is 1. The Balaban J connectivity index is 1.63. The molecule has 0 aromatic heterocycles. The van der Waals surface area contributed by atoms with Crippen molar-refractivity contribution in [3.05, 3.63) is 94.0 Å². The highest BCUT2D eigenvalue weighted by molar-refractivity contribution is 5.74. The third kappa shape index (κ3) is 5.62. The summed E-state index contributed by atoms with van der Waals surface area (Å²) in [5.41, 5.74) is 7.74. The molecule has 0 amide bonds. The van der Waals surface area contributed by atoms with Crippen molar-refractivity contribution in [2.24, 2.45) is 10.8 Å². The molecule has 3 heteroatoms. The van der Waals surface area contributed by atoms with E-state index in [2.05, 4.69) is 87.2 Å². The monoisotopic (exact) mass is 485 g/mol. The Hall–Kier alpha value is -2.78. The predicted octanol–water partition coefficient (Wildman–Crippen LogP) is 7.93. The topological polar surface area (TPSA) is 32.7 Å². The van der Waals surface area contributed by atoms with Crippen molar-refractivity contribution in [2.75, 3.05) is 11.4 Å². The van der Waals surface area contributed by atoms with E-state index in [4.69, 9.17) is 4.74 Å². The Morgan fingerprint density at radius 1 is 1.14 bits per heavy atom. The number of allylic oxidation sites excluding steroid dienone is 3. The molecular weight excluding hydrogens is 442 g/mol. The maximum absolute atomic E-state index is 10.7. The van der Waals surface area contributed by atoms with E-state index >= 15 is 0 Å². The van der Waals surface area contributed by atoms with E-state index in [9.17, 15) is 5.11 Å². The lowest BCUT2D eigenvalue weighted by Gasteiger charge is -2.35. The Bertz CT molecular complexity index is 1200. The van der Waals surface area contributed by atoms with Gasteiger partial charge in [0.1, 0.15) is 5.76 Å². The first-order chi connectivity index (χ1) is 16.8.